The number of benzene rings is 3. The zero-order chi connectivity index (χ0) is 17.6. The van der Waals surface area contributed by atoms with Crippen LogP contribution in [0.25, 0.3) is 10.8 Å². The number of ether oxygens (including phenoxy) is 1. The van der Waals surface area contributed by atoms with Crippen molar-refractivity contribution in [3.05, 3.63) is 72.3 Å². The van der Waals surface area contributed by atoms with Crippen molar-refractivity contribution in [3.8, 4) is 5.75 Å². The molecule has 0 radical (unpaired) electrons. The number of amides is 1. The Morgan fingerprint density at radius 2 is 1.68 bits per heavy atom. The Morgan fingerprint density at radius 3 is 2.48 bits per heavy atom. The number of hydrogen-bond donors (Lipinski definition) is 1. The summed E-state index contributed by atoms with van der Waals surface area (Å²) in [6.45, 7) is 0.747. The zero-order valence-corrected chi connectivity index (χ0v) is 14.5. The summed E-state index contributed by atoms with van der Waals surface area (Å²) in [5.41, 5.74) is 1.90. The van der Waals surface area contributed by atoms with Gasteiger partial charge in [0, 0.05) is 12.2 Å². The third kappa shape index (κ3) is 4.58. The zero-order valence-electron chi connectivity index (χ0n) is 14.5. The van der Waals surface area contributed by atoms with E-state index in [1.54, 1.807) is 0 Å². The van der Waals surface area contributed by atoms with Crippen LogP contribution in [0.1, 0.15) is 5.56 Å². The molecule has 0 heterocycles. The van der Waals surface area contributed by atoms with E-state index in [1.165, 1.54) is 0 Å². The van der Waals surface area contributed by atoms with Crippen LogP contribution >= 0.6 is 0 Å². The molecule has 4 nitrogen and oxygen atoms in total. The number of anilines is 1. The van der Waals surface area contributed by atoms with Gasteiger partial charge < -0.3 is 15.0 Å². The van der Waals surface area contributed by atoms with E-state index in [9.17, 15) is 4.79 Å². The van der Waals surface area contributed by atoms with Crippen LogP contribution in [-0.4, -0.2) is 31.5 Å². The molecule has 0 aliphatic heterocycles. The standard InChI is InChI=1S/C21H22N2O2/c1-23(2)14-18-9-5-6-10-20(18)22-21(24)15-25-19-12-11-16-7-3-4-8-17(16)13-19/h3-13H,14-15H2,1-2H3,(H,22,24). The number of fused-ring (bicyclic) bond motifs is 1. The van der Waals surface area contributed by atoms with Crippen molar-refractivity contribution in [2.45, 2.75) is 6.54 Å². The molecule has 0 aromatic heterocycles. The van der Waals surface area contributed by atoms with Crippen LogP contribution in [-0.2, 0) is 11.3 Å². The number of hydrogen-bond acceptors (Lipinski definition) is 3. The van der Waals surface area contributed by atoms with Crippen LogP contribution in [0.5, 0.6) is 5.75 Å². The van der Waals surface area contributed by atoms with Crippen molar-refractivity contribution in [3.63, 3.8) is 0 Å². The molecule has 3 aromatic carbocycles. The Labute approximate surface area is 148 Å². The normalized spacial score (nSPS) is 10.8. The number of carbonyl (C=O) groups excluding carboxylic acids is 1. The first-order valence-electron chi connectivity index (χ1n) is 8.26. The minimum atomic E-state index is -0.167. The molecule has 0 aliphatic rings. The second kappa shape index (κ2) is 7.81. The summed E-state index contributed by atoms with van der Waals surface area (Å²) < 4.78 is 5.65. The van der Waals surface area contributed by atoms with Crippen molar-refractivity contribution in [2.24, 2.45) is 0 Å². The maximum atomic E-state index is 12.2. The lowest BCUT2D eigenvalue weighted by Gasteiger charge is -2.15. The van der Waals surface area contributed by atoms with E-state index in [-0.39, 0.29) is 12.5 Å². The van der Waals surface area contributed by atoms with Crippen LogP contribution in [0.4, 0.5) is 5.69 Å². The van der Waals surface area contributed by atoms with Gasteiger partial charge in [0.2, 0.25) is 0 Å². The first kappa shape index (κ1) is 17.0. The number of nitrogens with one attached hydrogen (secondary N) is 1. The van der Waals surface area contributed by atoms with E-state index in [2.05, 4.69) is 10.2 Å². The topological polar surface area (TPSA) is 41.6 Å². The fourth-order valence-corrected chi connectivity index (χ4v) is 2.71. The third-order valence-electron chi connectivity index (χ3n) is 3.87. The SMILES string of the molecule is CN(C)Cc1ccccc1NC(=O)COc1ccc2ccccc2c1. The average Bonchev–Trinajstić information content (AvgIpc) is 2.61. The summed E-state index contributed by atoms with van der Waals surface area (Å²) in [7, 11) is 4.00. The van der Waals surface area contributed by atoms with Crippen molar-refractivity contribution in [1.29, 1.82) is 0 Å². The Hall–Kier alpha value is -2.85. The average molecular weight is 334 g/mol. The Morgan fingerprint density at radius 1 is 0.960 bits per heavy atom. The Balaban J connectivity index is 1.63. The van der Waals surface area contributed by atoms with Crippen LogP contribution in [0.2, 0.25) is 0 Å². The molecule has 0 aliphatic carbocycles. The minimum Gasteiger partial charge on any atom is -0.484 e. The fourth-order valence-electron chi connectivity index (χ4n) is 2.71. The van der Waals surface area contributed by atoms with Crippen LogP contribution in [0.3, 0.4) is 0 Å². The highest BCUT2D eigenvalue weighted by Gasteiger charge is 2.08. The molecular weight excluding hydrogens is 312 g/mol. The predicted molar refractivity (Wildman–Crippen MR) is 102 cm³/mol. The first-order chi connectivity index (χ1) is 12.1. The van der Waals surface area contributed by atoms with Crippen LogP contribution < -0.4 is 10.1 Å². The maximum Gasteiger partial charge on any atom is 0.262 e. The molecule has 1 N–H and O–H groups in total. The Bertz CT molecular complexity index is 874. The molecule has 3 rings (SSSR count). The van der Waals surface area contributed by atoms with E-state index in [1.807, 2.05) is 80.8 Å². The molecule has 0 saturated carbocycles. The second-order valence-corrected chi connectivity index (χ2v) is 6.24. The molecule has 0 saturated heterocycles. The number of rotatable bonds is 6. The van der Waals surface area contributed by atoms with Gasteiger partial charge in [-0.2, -0.15) is 0 Å². The van der Waals surface area contributed by atoms with Crippen molar-refractivity contribution in [2.75, 3.05) is 26.0 Å². The number of para-hydroxylation sites is 1. The van der Waals surface area contributed by atoms with Gasteiger partial charge in [-0.25, -0.2) is 0 Å². The summed E-state index contributed by atoms with van der Waals surface area (Å²) in [4.78, 5) is 14.3. The number of nitrogens with zero attached hydrogens (tertiary/aromatic N) is 1. The predicted octanol–water partition coefficient (Wildman–Crippen LogP) is 3.92. The van der Waals surface area contributed by atoms with E-state index >= 15 is 0 Å². The third-order valence-corrected chi connectivity index (χ3v) is 3.87. The maximum absolute atomic E-state index is 12.2. The van der Waals surface area contributed by atoms with Gasteiger partial charge in [-0.3, -0.25) is 4.79 Å². The molecule has 4 heteroatoms. The smallest absolute Gasteiger partial charge is 0.262 e. The van der Waals surface area contributed by atoms with Crippen molar-refractivity contribution >= 4 is 22.4 Å². The molecule has 0 bridgehead atoms. The van der Waals surface area contributed by atoms with Gasteiger partial charge in [-0.15, -0.1) is 0 Å². The van der Waals surface area contributed by atoms with Gasteiger partial charge in [0.05, 0.1) is 0 Å². The van der Waals surface area contributed by atoms with Gasteiger partial charge in [0.1, 0.15) is 5.75 Å². The lowest BCUT2D eigenvalue weighted by molar-refractivity contribution is -0.118. The lowest BCUT2D eigenvalue weighted by Crippen LogP contribution is -2.22. The first-order valence-corrected chi connectivity index (χ1v) is 8.26. The van der Waals surface area contributed by atoms with Crippen molar-refractivity contribution in [1.82, 2.24) is 4.90 Å². The summed E-state index contributed by atoms with van der Waals surface area (Å²) in [5.74, 6) is 0.523. The fraction of sp³-hybridized carbons (Fsp3) is 0.190. The van der Waals surface area contributed by atoms with E-state index in [4.69, 9.17) is 4.74 Å². The van der Waals surface area contributed by atoms with Gasteiger partial charge in [-0.05, 0) is 48.6 Å². The second-order valence-electron chi connectivity index (χ2n) is 6.24. The molecule has 0 unspecified atom stereocenters. The minimum absolute atomic E-state index is 0.0192. The molecule has 25 heavy (non-hydrogen) atoms. The molecule has 0 spiro atoms. The molecule has 128 valence electrons. The highest BCUT2D eigenvalue weighted by Crippen LogP contribution is 2.21. The molecule has 1 amide bonds. The van der Waals surface area contributed by atoms with Gasteiger partial charge in [-0.1, -0.05) is 48.5 Å². The molecule has 0 fully saturated rings. The van der Waals surface area contributed by atoms with E-state index in [0.29, 0.717) is 5.75 Å². The monoisotopic (exact) mass is 334 g/mol. The Kier molecular flexibility index (Phi) is 5.31. The van der Waals surface area contributed by atoms with E-state index < -0.39 is 0 Å². The van der Waals surface area contributed by atoms with E-state index in [0.717, 1.165) is 28.6 Å². The van der Waals surface area contributed by atoms with Gasteiger partial charge >= 0.3 is 0 Å². The van der Waals surface area contributed by atoms with Gasteiger partial charge in [0.25, 0.3) is 5.91 Å². The highest BCUT2D eigenvalue weighted by atomic mass is 16.5. The quantitative estimate of drug-likeness (QED) is 0.743. The molecular formula is C21H22N2O2. The summed E-state index contributed by atoms with van der Waals surface area (Å²) in [6.07, 6.45) is 0. The number of carbonyl (C=O) groups is 1. The molecule has 3 aromatic rings. The van der Waals surface area contributed by atoms with Crippen LogP contribution in [0.15, 0.2) is 66.7 Å². The van der Waals surface area contributed by atoms with Crippen molar-refractivity contribution < 1.29 is 9.53 Å². The summed E-state index contributed by atoms with van der Waals surface area (Å²) in [5, 5.41) is 5.18. The summed E-state index contributed by atoms with van der Waals surface area (Å²) in [6, 6.07) is 21.7. The largest absolute Gasteiger partial charge is 0.484 e. The van der Waals surface area contributed by atoms with Crippen LogP contribution in [0, 0.1) is 0 Å². The highest BCUT2D eigenvalue weighted by molar-refractivity contribution is 5.92. The molecule has 0 atom stereocenters. The lowest BCUT2D eigenvalue weighted by atomic mass is 10.1. The summed E-state index contributed by atoms with van der Waals surface area (Å²) >= 11 is 0. The van der Waals surface area contributed by atoms with Gasteiger partial charge in [0.15, 0.2) is 6.61 Å².